The number of hydrogen-bond acceptors (Lipinski definition) is 0. The zero-order chi connectivity index (χ0) is 7.56. The lowest BCUT2D eigenvalue weighted by Gasteiger charge is -2.01. The van der Waals surface area contributed by atoms with Crippen molar-refractivity contribution in [2.24, 2.45) is 0 Å². The fraction of sp³-hybridized carbons (Fsp3) is 0.556. The molecule has 1 aliphatic rings. The lowest BCUT2D eigenvalue weighted by Crippen LogP contribution is -1.81. The van der Waals surface area contributed by atoms with Crippen molar-refractivity contribution in [1.82, 2.24) is 0 Å². The Bertz CT molecular complexity index is 187. The van der Waals surface area contributed by atoms with Gasteiger partial charge in [0.25, 0.3) is 0 Å². The van der Waals surface area contributed by atoms with Crippen LogP contribution in [0.3, 0.4) is 0 Å². The molecule has 1 radical (unpaired) electrons. The molecule has 0 bridgehead atoms. The van der Waals surface area contributed by atoms with Crippen molar-refractivity contribution in [1.29, 1.82) is 0 Å². The molecule has 0 aromatic carbocycles. The number of rotatable bonds is 2. The van der Waals surface area contributed by atoms with E-state index >= 15 is 0 Å². The van der Waals surface area contributed by atoms with Crippen molar-refractivity contribution >= 4 is 15.9 Å². The molecule has 0 amide bonds. The Kier molecular flexibility index (Phi) is 2.72. The summed E-state index contributed by atoms with van der Waals surface area (Å²) in [6, 6.07) is 0. The van der Waals surface area contributed by atoms with Crippen LogP contribution in [0.4, 0.5) is 0 Å². The second-order valence-corrected chi connectivity index (χ2v) is 3.25. The summed E-state index contributed by atoms with van der Waals surface area (Å²) in [5.74, 6) is 0. The monoisotopic (exact) mass is 199 g/mol. The Morgan fingerprint density at radius 3 is 2.50 bits per heavy atom. The van der Waals surface area contributed by atoms with Gasteiger partial charge in [-0.3, -0.25) is 0 Å². The minimum atomic E-state index is 1.04. The van der Waals surface area contributed by atoms with Crippen LogP contribution in [0.15, 0.2) is 15.6 Å². The Balaban J connectivity index is 2.81. The van der Waals surface area contributed by atoms with Crippen LogP contribution in [0.5, 0.6) is 0 Å². The summed E-state index contributed by atoms with van der Waals surface area (Å²) in [5.41, 5.74) is 3.02. The van der Waals surface area contributed by atoms with Gasteiger partial charge >= 0.3 is 0 Å². The molecule has 10 heavy (non-hydrogen) atoms. The van der Waals surface area contributed by atoms with E-state index in [0.29, 0.717) is 0 Å². The highest BCUT2D eigenvalue weighted by Gasteiger charge is 2.11. The highest BCUT2D eigenvalue weighted by atomic mass is 79.9. The van der Waals surface area contributed by atoms with E-state index in [2.05, 4.69) is 35.9 Å². The van der Waals surface area contributed by atoms with Gasteiger partial charge in [0.2, 0.25) is 0 Å². The third-order valence-corrected chi connectivity index (χ3v) is 2.69. The molecule has 1 heteroatoms. The molecule has 0 aliphatic heterocycles. The first-order valence-corrected chi connectivity index (χ1v) is 4.56. The van der Waals surface area contributed by atoms with Gasteiger partial charge in [-0.15, -0.1) is 0 Å². The lowest BCUT2D eigenvalue weighted by atomic mass is 10.1. The van der Waals surface area contributed by atoms with Crippen LogP contribution in [0, 0.1) is 6.08 Å². The summed E-state index contributed by atoms with van der Waals surface area (Å²) < 4.78 is 1.20. The molecule has 1 rings (SSSR count). The summed E-state index contributed by atoms with van der Waals surface area (Å²) in [4.78, 5) is 0. The molecular weight excluding hydrogens is 188 g/mol. The quantitative estimate of drug-likeness (QED) is 0.638. The van der Waals surface area contributed by atoms with Crippen LogP contribution in [0.1, 0.15) is 33.1 Å². The van der Waals surface area contributed by atoms with E-state index in [1.54, 1.807) is 5.57 Å². The molecule has 0 N–H and O–H groups in total. The second kappa shape index (κ2) is 3.38. The van der Waals surface area contributed by atoms with Crippen molar-refractivity contribution in [2.45, 2.75) is 33.1 Å². The third kappa shape index (κ3) is 1.34. The van der Waals surface area contributed by atoms with E-state index in [4.69, 9.17) is 0 Å². The molecule has 0 nitrogen and oxygen atoms in total. The summed E-state index contributed by atoms with van der Waals surface area (Å²) >= 11 is 3.49. The zero-order valence-corrected chi connectivity index (χ0v) is 8.09. The van der Waals surface area contributed by atoms with Gasteiger partial charge in [-0.25, -0.2) is 0 Å². The maximum Gasteiger partial charge on any atom is 0.0245 e. The molecule has 1 aliphatic carbocycles. The molecule has 0 saturated carbocycles. The van der Waals surface area contributed by atoms with Gasteiger partial charge in [0.15, 0.2) is 0 Å². The molecule has 0 aromatic heterocycles. The predicted octanol–water partition coefficient (Wildman–Crippen LogP) is 3.59. The van der Waals surface area contributed by atoms with Gasteiger partial charge < -0.3 is 0 Å². The first kappa shape index (κ1) is 8.06. The fourth-order valence-electron chi connectivity index (χ4n) is 1.30. The first-order chi connectivity index (χ1) is 4.79. The Labute approximate surface area is 71.1 Å². The smallest absolute Gasteiger partial charge is 0.0245 e. The Hall–Kier alpha value is -0.0400. The SMILES string of the molecule is CCC1=C(CC)C(Br)=[C]C1. The van der Waals surface area contributed by atoms with Crippen LogP contribution in [0.2, 0.25) is 0 Å². The summed E-state index contributed by atoms with van der Waals surface area (Å²) in [5, 5.41) is 0. The average molecular weight is 200 g/mol. The van der Waals surface area contributed by atoms with E-state index in [-0.39, 0.29) is 0 Å². The van der Waals surface area contributed by atoms with Crippen molar-refractivity contribution in [2.75, 3.05) is 0 Å². The minimum Gasteiger partial charge on any atom is -0.0617 e. The van der Waals surface area contributed by atoms with Crippen LogP contribution in [-0.2, 0) is 0 Å². The van der Waals surface area contributed by atoms with E-state index < -0.39 is 0 Å². The standard InChI is InChI=1S/C9H12Br/c1-3-7-5-6-9(10)8(7)4-2/h3-5H2,1-2H3. The van der Waals surface area contributed by atoms with Crippen molar-refractivity contribution < 1.29 is 0 Å². The average Bonchev–Trinajstić information content (AvgIpc) is 2.30. The molecule has 0 atom stereocenters. The highest BCUT2D eigenvalue weighted by Crippen LogP contribution is 2.33. The lowest BCUT2D eigenvalue weighted by molar-refractivity contribution is 0.992. The fourth-order valence-corrected chi connectivity index (χ4v) is 2.00. The molecule has 0 unspecified atom stereocenters. The van der Waals surface area contributed by atoms with Crippen LogP contribution < -0.4 is 0 Å². The van der Waals surface area contributed by atoms with Gasteiger partial charge in [0.1, 0.15) is 0 Å². The molecule has 55 valence electrons. The largest absolute Gasteiger partial charge is 0.0617 e. The topological polar surface area (TPSA) is 0 Å². The van der Waals surface area contributed by atoms with Crippen LogP contribution >= 0.6 is 15.9 Å². The maximum absolute atomic E-state index is 3.49. The van der Waals surface area contributed by atoms with Gasteiger partial charge in [0, 0.05) is 4.48 Å². The van der Waals surface area contributed by atoms with E-state index in [1.165, 1.54) is 16.5 Å². The normalized spacial score (nSPS) is 18.1. The van der Waals surface area contributed by atoms with Crippen LogP contribution in [-0.4, -0.2) is 0 Å². The number of halogens is 1. The minimum absolute atomic E-state index is 1.04. The number of hydrogen-bond donors (Lipinski definition) is 0. The van der Waals surface area contributed by atoms with Crippen LogP contribution in [0.25, 0.3) is 0 Å². The molecule has 0 aromatic rings. The van der Waals surface area contributed by atoms with E-state index in [9.17, 15) is 0 Å². The summed E-state index contributed by atoms with van der Waals surface area (Å²) in [6.07, 6.45) is 6.63. The van der Waals surface area contributed by atoms with Crippen molar-refractivity contribution in [3.05, 3.63) is 21.7 Å². The molecule has 0 fully saturated rings. The zero-order valence-electron chi connectivity index (χ0n) is 6.50. The molecule has 0 heterocycles. The molecule has 0 spiro atoms. The van der Waals surface area contributed by atoms with Gasteiger partial charge in [0.05, 0.1) is 0 Å². The van der Waals surface area contributed by atoms with Gasteiger partial charge in [-0.2, -0.15) is 0 Å². The summed E-state index contributed by atoms with van der Waals surface area (Å²) in [6.45, 7) is 4.40. The molecular formula is C9H12Br. The van der Waals surface area contributed by atoms with Gasteiger partial charge in [-0.1, -0.05) is 35.4 Å². The van der Waals surface area contributed by atoms with Crippen molar-refractivity contribution in [3.63, 3.8) is 0 Å². The van der Waals surface area contributed by atoms with E-state index in [1.807, 2.05) is 0 Å². The Morgan fingerprint density at radius 2 is 2.10 bits per heavy atom. The van der Waals surface area contributed by atoms with E-state index in [0.717, 1.165) is 12.8 Å². The predicted molar refractivity (Wildman–Crippen MR) is 47.9 cm³/mol. The Morgan fingerprint density at radius 1 is 1.40 bits per heavy atom. The number of allylic oxidation sites excluding steroid dienone is 4. The van der Waals surface area contributed by atoms with Crippen molar-refractivity contribution in [3.8, 4) is 0 Å². The van der Waals surface area contributed by atoms with Gasteiger partial charge in [-0.05, 0) is 30.9 Å². The first-order valence-electron chi connectivity index (χ1n) is 3.77. The molecule has 0 saturated heterocycles. The third-order valence-electron chi connectivity index (χ3n) is 1.93. The summed E-state index contributed by atoms with van der Waals surface area (Å²) in [7, 11) is 0. The maximum atomic E-state index is 3.49. The second-order valence-electron chi connectivity index (χ2n) is 2.46. The highest BCUT2D eigenvalue weighted by molar-refractivity contribution is 9.11.